The van der Waals surface area contributed by atoms with Gasteiger partial charge in [-0.25, -0.2) is 9.97 Å². The second kappa shape index (κ2) is 6.28. The highest BCUT2D eigenvalue weighted by Crippen LogP contribution is 2.20. The Kier molecular flexibility index (Phi) is 4.45. The second-order valence-electron chi connectivity index (χ2n) is 4.87. The predicted octanol–water partition coefficient (Wildman–Crippen LogP) is 2.76. The Bertz CT molecular complexity index is 611. The summed E-state index contributed by atoms with van der Waals surface area (Å²) in [5, 5.41) is 9.46. The first-order chi connectivity index (χ1) is 9.60. The van der Waals surface area contributed by atoms with Crippen LogP contribution in [0.3, 0.4) is 0 Å². The van der Waals surface area contributed by atoms with Gasteiger partial charge >= 0.3 is 5.97 Å². The number of carboxylic acid groups (broad SMARTS) is 1. The Labute approximate surface area is 118 Å². The molecule has 4 nitrogen and oxygen atoms in total. The van der Waals surface area contributed by atoms with E-state index in [1.165, 1.54) is 6.33 Å². The van der Waals surface area contributed by atoms with E-state index in [1.807, 2.05) is 38.1 Å². The van der Waals surface area contributed by atoms with Gasteiger partial charge in [0.1, 0.15) is 12.2 Å². The smallest absolute Gasteiger partial charge is 0.312 e. The van der Waals surface area contributed by atoms with Crippen LogP contribution in [0.25, 0.3) is 0 Å². The van der Waals surface area contributed by atoms with Crippen LogP contribution in [0.4, 0.5) is 0 Å². The van der Waals surface area contributed by atoms with Gasteiger partial charge in [-0.15, -0.1) is 0 Å². The quantitative estimate of drug-likeness (QED) is 0.907. The third kappa shape index (κ3) is 3.41. The molecule has 2 rings (SSSR count). The molecular formula is C16H18N2O2. The SMILES string of the molecule is CCc1cc(C(Cc2cccc(C)c2)C(=O)O)ncn1. The normalized spacial score (nSPS) is 12.1. The number of aryl methyl sites for hydroxylation is 2. The van der Waals surface area contributed by atoms with Crippen molar-refractivity contribution in [3.8, 4) is 0 Å². The molecule has 1 unspecified atom stereocenters. The van der Waals surface area contributed by atoms with E-state index in [0.29, 0.717) is 12.1 Å². The molecule has 0 saturated carbocycles. The summed E-state index contributed by atoms with van der Waals surface area (Å²) in [6, 6.07) is 9.69. The summed E-state index contributed by atoms with van der Waals surface area (Å²) in [5.74, 6) is -1.49. The first-order valence-corrected chi connectivity index (χ1v) is 6.69. The number of benzene rings is 1. The molecule has 1 aromatic carbocycles. The van der Waals surface area contributed by atoms with Crippen molar-refractivity contribution >= 4 is 5.97 Å². The van der Waals surface area contributed by atoms with E-state index in [2.05, 4.69) is 9.97 Å². The van der Waals surface area contributed by atoms with Gasteiger partial charge in [0.15, 0.2) is 0 Å². The minimum absolute atomic E-state index is 0.442. The van der Waals surface area contributed by atoms with Gasteiger partial charge in [0.2, 0.25) is 0 Å². The first kappa shape index (κ1) is 14.2. The van der Waals surface area contributed by atoms with Crippen LogP contribution in [0.2, 0.25) is 0 Å². The Balaban J connectivity index is 2.29. The number of aliphatic carboxylic acids is 1. The van der Waals surface area contributed by atoms with Crippen molar-refractivity contribution in [1.29, 1.82) is 0 Å². The molecular weight excluding hydrogens is 252 g/mol. The first-order valence-electron chi connectivity index (χ1n) is 6.69. The van der Waals surface area contributed by atoms with Crippen molar-refractivity contribution in [2.75, 3.05) is 0 Å². The number of hydrogen-bond acceptors (Lipinski definition) is 3. The van der Waals surface area contributed by atoms with Crippen LogP contribution in [-0.2, 0) is 17.6 Å². The minimum atomic E-state index is -0.854. The van der Waals surface area contributed by atoms with E-state index >= 15 is 0 Å². The van der Waals surface area contributed by atoms with Crippen molar-refractivity contribution in [3.05, 3.63) is 59.2 Å². The third-order valence-electron chi connectivity index (χ3n) is 3.28. The van der Waals surface area contributed by atoms with Crippen molar-refractivity contribution in [1.82, 2.24) is 9.97 Å². The average Bonchev–Trinajstić information content (AvgIpc) is 2.44. The fourth-order valence-corrected chi connectivity index (χ4v) is 2.19. The van der Waals surface area contributed by atoms with E-state index in [4.69, 9.17) is 0 Å². The summed E-state index contributed by atoms with van der Waals surface area (Å²) < 4.78 is 0. The van der Waals surface area contributed by atoms with Crippen LogP contribution >= 0.6 is 0 Å². The number of aromatic nitrogens is 2. The van der Waals surface area contributed by atoms with Crippen LogP contribution in [0.1, 0.15) is 35.4 Å². The van der Waals surface area contributed by atoms with Gasteiger partial charge in [-0.3, -0.25) is 4.79 Å². The van der Waals surface area contributed by atoms with Crippen molar-refractivity contribution in [3.63, 3.8) is 0 Å². The van der Waals surface area contributed by atoms with Crippen LogP contribution in [0.15, 0.2) is 36.7 Å². The Hall–Kier alpha value is -2.23. The van der Waals surface area contributed by atoms with E-state index in [9.17, 15) is 9.90 Å². The summed E-state index contributed by atoms with van der Waals surface area (Å²) in [6.45, 7) is 3.99. The fourth-order valence-electron chi connectivity index (χ4n) is 2.19. The second-order valence-corrected chi connectivity index (χ2v) is 4.87. The lowest BCUT2D eigenvalue weighted by molar-refractivity contribution is -0.138. The molecule has 1 heterocycles. The van der Waals surface area contributed by atoms with E-state index in [1.54, 1.807) is 6.07 Å². The Morgan fingerprint density at radius 1 is 1.30 bits per heavy atom. The monoisotopic (exact) mass is 270 g/mol. The predicted molar refractivity (Wildman–Crippen MR) is 76.7 cm³/mol. The van der Waals surface area contributed by atoms with E-state index in [-0.39, 0.29) is 0 Å². The molecule has 1 aromatic heterocycles. The molecule has 0 radical (unpaired) electrons. The lowest BCUT2D eigenvalue weighted by Crippen LogP contribution is -2.16. The van der Waals surface area contributed by atoms with Crippen LogP contribution in [0, 0.1) is 6.92 Å². The maximum atomic E-state index is 11.5. The minimum Gasteiger partial charge on any atom is -0.481 e. The molecule has 20 heavy (non-hydrogen) atoms. The zero-order valence-corrected chi connectivity index (χ0v) is 11.7. The molecule has 1 N–H and O–H groups in total. The molecule has 0 bridgehead atoms. The van der Waals surface area contributed by atoms with Crippen molar-refractivity contribution in [2.24, 2.45) is 0 Å². The largest absolute Gasteiger partial charge is 0.481 e. The van der Waals surface area contributed by atoms with Crippen LogP contribution in [0.5, 0.6) is 0 Å². The maximum Gasteiger partial charge on any atom is 0.312 e. The highest BCUT2D eigenvalue weighted by molar-refractivity contribution is 5.75. The molecule has 0 spiro atoms. The summed E-state index contributed by atoms with van der Waals surface area (Å²) in [6.07, 6.45) is 2.66. The third-order valence-corrected chi connectivity index (χ3v) is 3.28. The van der Waals surface area contributed by atoms with Gasteiger partial charge < -0.3 is 5.11 Å². The summed E-state index contributed by atoms with van der Waals surface area (Å²) in [5.41, 5.74) is 3.58. The molecule has 0 aliphatic carbocycles. The van der Waals surface area contributed by atoms with Crippen molar-refractivity contribution < 1.29 is 9.90 Å². The topological polar surface area (TPSA) is 63.1 Å². The van der Waals surface area contributed by atoms with Gasteiger partial charge in [-0.1, -0.05) is 36.8 Å². The highest BCUT2D eigenvalue weighted by atomic mass is 16.4. The lowest BCUT2D eigenvalue weighted by Gasteiger charge is -2.13. The zero-order chi connectivity index (χ0) is 14.5. The zero-order valence-electron chi connectivity index (χ0n) is 11.7. The van der Waals surface area contributed by atoms with Gasteiger partial charge in [0.25, 0.3) is 0 Å². The van der Waals surface area contributed by atoms with Gasteiger partial charge in [-0.05, 0) is 31.4 Å². The molecule has 0 amide bonds. The number of nitrogens with zero attached hydrogens (tertiary/aromatic N) is 2. The lowest BCUT2D eigenvalue weighted by atomic mass is 9.94. The van der Waals surface area contributed by atoms with Gasteiger partial charge in [0, 0.05) is 5.69 Å². The highest BCUT2D eigenvalue weighted by Gasteiger charge is 2.22. The molecule has 0 fully saturated rings. The number of carboxylic acids is 1. The Morgan fingerprint density at radius 2 is 2.10 bits per heavy atom. The maximum absolute atomic E-state index is 11.5. The number of rotatable bonds is 5. The fraction of sp³-hybridized carbons (Fsp3) is 0.312. The van der Waals surface area contributed by atoms with Crippen LogP contribution in [-0.4, -0.2) is 21.0 Å². The molecule has 1 atom stereocenters. The molecule has 2 aromatic rings. The Morgan fingerprint density at radius 3 is 2.75 bits per heavy atom. The molecule has 0 aliphatic heterocycles. The molecule has 104 valence electrons. The average molecular weight is 270 g/mol. The number of hydrogen-bond donors (Lipinski definition) is 1. The number of carbonyl (C=O) groups is 1. The van der Waals surface area contributed by atoms with Crippen molar-refractivity contribution in [2.45, 2.75) is 32.6 Å². The van der Waals surface area contributed by atoms with Gasteiger partial charge in [0.05, 0.1) is 5.69 Å². The summed E-state index contributed by atoms with van der Waals surface area (Å²) >= 11 is 0. The summed E-state index contributed by atoms with van der Waals surface area (Å²) in [7, 11) is 0. The van der Waals surface area contributed by atoms with Crippen LogP contribution < -0.4 is 0 Å². The molecule has 0 saturated heterocycles. The van der Waals surface area contributed by atoms with E-state index < -0.39 is 11.9 Å². The molecule has 0 aliphatic rings. The summed E-state index contributed by atoms with van der Waals surface area (Å²) in [4.78, 5) is 19.8. The molecule has 4 heteroatoms. The van der Waals surface area contributed by atoms with Gasteiger partial charge in [-0.2, -0.15) is 0 Å². The standard InChI is InChI=1S/C16H18N2O2/c1-3-13-9-15(18-10-17-13)14(16(19)20)8-12-6-4-5-11(2)7-12/h4-7,9-10,14H,3,8H2,1-2H3,(H,19,20). The van der Waals surface area contributed by atoms with E-state index in [0.717, 1.165) is 23.2 Å².